The average molecular weight is 346 g/mol. The Morgan fingerprint density at radius 3 is 1.88 bits per heavy atom. The summed E-state index contributed by atoms with van der Waals surface area (Å²) in [6.45, 7) is 2.42. The Labute approximate surface area is 138 Å². The van der Waals surface area contributed by atoms with Gasteiger partial charge in [0.1, 0.15) is 18.1 Å². The molecule has 11 nitrogen and oxygen atoms in total. The van der Waals surface area contributed by atoms with E-state index in [1.54, 1.807) is 0 Å². The number of hydrogen-bond donors (Lipinski definition) is 6. The molecular weight excluding hydrogens is 324 g/mol. The Morgan fingerprint density at radius 2 is 1.42 bits per heavy atom. The number of amides is 3. The van der Waals surface area contributed by atoms with Gasteiger partial charge < -0.3 is 31.9 Å². The molecular formula is C13H22N4O7. The molecule has 0 aromatic rings. The van der Waals surface area contributed by atoms with Gasteiger partial charge in [-0.15, -0.1) is 0 Å². The van der Waals surface area contributed by atoms with Crippen LogP contribution in [-0.4, -0.2) is 64.5 Å². The van der Waals surface area contributed by atoms with E-state index in [1.807, 2.05) is 0 Å². The number of nitrogens with one attached hydrogen (secondary N) is 3. The Bertz CT molecular complexity index is 509. The maximum atomic E-state index is 11.9. The quantitative estimate of drug-likeness (QED) is 0.248. The SMILES string of the molecule is CC(NC(=O)CN)C(=O)NC(C)C(=O)NC(CCC(=O)O)C(=O)O. The van der Waals surface area contributed by atoms with Crippen LogP contribution in [0.1, 0.15) is 26.7 Å². The Balaban J connectivity index is 4.57. The number of nitrogens with two attached hydrogens (primary N) is 1. The third-order valence-electron chi connectivity index (χ3n) is 2.97. The van der Waals surface area contributed by atoms with E-state index in [-0.39, 0.29) is 13.0 Å². The number of rotatable bonds is 10. The van der Waals surface area contributed by atoms with Crippen LogP contribution in [0.5, 0.6) is 0 Å². The number of carbonyl (C=O) groups is 5. The number of carboxylic acid groups (broad SMARTS) is 2. The van der Waals surface area contributed by atoms with E-state index in [9.17, 15) is 24.0 Å². The molecule has 7 N–H and O–H groups in total. The fourth-order valence-corrected chi connectivity index (χ4v) is 1.59. The molecule has 0 aromatic carbocycles. The summed E-state index contributed by atoms with van der Waals surface area (Å²) in [5.41, 5.74) is 5.10. The molecule has 0 fully saturated rings. The Hall–Kier alpha value is -2.69. The first-order valence-corrected chi connectivity index (χ1v) is 7.13. The molecule has 3 amide bonds. The second-order valence-corrected chi connectivity index (χ2v) is 5.06. The van der Waals surface area contributed by atoms with Crippen LogP contribution in [-0.2, 0) is 24.0 Å². The smallest absolute Gasteiger partial charge is 0.326 e. The van der Waals surface area contributed by atoms with Crippen LogP contribution in [0.25, 0.3) is 0 Å². The molecule has 0 bridgehead atoms. The van der Waals surface area contributed by atoms with E-state index in [1.165, 1.54) is 13.8 Å². The van der Waals surface area contributed by atoms with Crippen LogP contribution in [0.15, 0.2) is 0 Å². The molecule has 0 radical (unpaired) electrons. The summed E-state index contributed by atoms with van der Waals surface area (Å²) in [6, 6.07) is -3.40. The second kappa shape index (κ2) is 10.2. The van der Waals surface area contributed by atoms with Crippen LogP contribution in [0, 0.1) is 0 Å². The summed E-state index contributed by atoms with van der Waals surface area (Å²) in [7, 11) is 0. The van der Waals surface area contributed by atoms with E-state index in [2.05, 4.69) is 16.0 Å². The Morgan fingerprint density at radius 1 is 0.917 bits per heavy atom. The highest BCUT2D eigenvalue weighted by Crippen LogP contribution is 1.99. The zero-order valence-corrected chi connectivity index (χ0v) is 13.4. The van der Waals surface area contributed by atoms with Crippen molar-refractivity contribution < 1.29 is 34.2 Å². The zero-order chi connectivity index (χ0) is 18.9. The molecule has 0 aliphatic heterocycles. The minimum absolute atomic E-state index is 0.292. The molecule has 24 heavy (non-hydrogen) atoms. The molecule has 0 spiro atoms. The minimum atomic E-state index is -1.39. The Kier molecular flexibility index (Phi) is 9.02. The van der Waals surface area contributed by atoms with E-state index in [0.717, 1.165) is 0 Å². The van der Waals surface area contributed by atoms with Crippen molar-refractivity contribution >= 4 is 29.7 Å². The third-order valence-corrected chi connectivity index (χ3v) is 2.97. The van der Waals surface area contributed by atoms with Gasteiger partial charge in [0.15, 0.2) is 0 Å². The van der Waals surface area contributed by atoms with Crippen molar-refractivity contribution in [2.75, 3.05) is 6.54 Å². The first-order valence-electron chi connectivity index (χ1n) is 7.13. The molecule has 0 aliphatic rings. The molecule has 11 heteroatoms. The molecule has 136 valence electrons. The van der Waals surface area contributed by atoms with Crippen molar-refractivity contribution in [2.24, 2.45) is 5.73 Å². The van der Waals surface area contributed by atoms with E-state index in [0.29, 0.717) is 0 Å². The van der Waals surface area contributed by atoms with Crippen LogP contribution in [0.3, 0.4) is 0 Å². The maximum Gasteiger partial charge on any atom is 0.326 e. The lowest BCUT2D eigenvalue weighted by Crippen LogP contribution is -2.54. The minimum Gasteiger partial charge on any atom is -0.481 e. The van der Waals surface area contributed by atoms with E-state index >= 15 is 0 Å². The fraction of sp³-hybridized carbons (Fsp3) is 0.615. The van der Waals surface area contributed by atoms with E-state index < -0.39 is 54.2 Å². The fourth-order valence-electron chi connectivity index (χ4n) is 1.59. The lowest BCUT2D eigenvalue weighted by atomic mass is 10.1. The number of hydrogen-bond acceptors (Lipinski definition) is 6. The molecule has 0 aliphatic carbocycles. The molecule has 0 rings (SSSR count). The van der Waals surface area contributed by atoms with Crippen molar-refractivity contribution in [2.45, 2.75) is 44.8 Å². The van der Waals surface area contributed by atoms with Crippen molar-refractivity contribution in [1.29, 1.82) is 0 Å². The standard InChI is InChI=1S/C13H22N4O7/c1-6(15-9(18)5-14)11(21)16-7(2)12(22)17-8(13(23)24)3-4-10(19)20/h6-8H,3-5,14H2,1-2H3,(H,15,18)(H,16,21)(H,17,22)(H,19,20)(H,23,24). The maximum absolute atomic E-state index is 11.9. The molecule has 3 unspecified atom stereocenters. The van der Waals surface area contributed by atoms with Crippen molar-refractivity contribution in [3.63, 3.8) is 0 Å². The summed E-state index contributed by atoms with van der Waals surface area (Å²) in [6.07, 6.45) is -0.722. The zero-order valence-electron chi connectivity index (χ0n) is 13.4. The highest BCUT2D eigenvalue weighted by Gasteiger charge is 2.25. The summed E-state index contributed by atoms with van der Waals surface area (Å²) in [4.78, 5) is 56.3. The number of aliphatic carboxylic acids is 2. The van der Waals surface area contributed by atoms with Crippen molar-refractivity contribution in [3.8, 4) is 0 Å². The van der Waals surface area contributed by atoms with Gasteiger partial charge in [0.25, 0.3) is 0 Å². The van der Waals surface area contributed by atoms with Crippen molar-refractivity contribution in [1.82, 2.24) is 16.0 Å². The first-order chi connectivity index (χ1) is 11.1. The first kappa shape index (κ1) is 21.3. The van der Waals surface area contributed by atoms with Gasteiger partial charge in [0, 0.05) is 6.42 Å². The van der Waals surface area contributed by atoms with Gasteiger partial charge in [-0.05, 0) is 20.3 Å². The van der Waals surface area contributed by atoms with Crippen LogP contribution in [0.4, 0.5) is 0 Å². The van der Waals surface area contributed by atoms with Gasteiger partial charge in [-0.25, -0.2) is 4.79 Å². The number of carboxylic acids is 2. The lowest BCUT2D eigenvalue weighted by Gasteiger charge is -2.20. The summed E-state index contributed by atoms with van der Waals surface area (Å²) >= 11 is 0. The summed E-state index contributed by atoms with van der Waals surface area (Å²) < 4.78 is 0. The molecule has 0 saturated carbocycles. The van der Waals surface area contributed by atoms with Crippen LogP contribution >= 0.6 is 0 Å². The van der Waals surface area contributed by atoms with Gasteiger partial charge in [0.2, 0.25) is 17.7 Å². The van der Waals surface area contributed by atoms with Gasteiger partial charge in [-0.3, -0.25) is 19.2 Å². The topological polar surface area (TPSA) is 188 Å². The summed E-state index contributed by atoms with van der Waals surface area (Å²) in [5.74, 6) is -4.57. The molecule has 3 atom stereocenters. The van der Waals surface area contributed by atoms with E-state index in [4.69, 9.17) is 15.9 Å². The third kappa shape index (κ3) is 8.08. The normalized spacial score (nSPS) is 14.0. The van der Waals surface area contributed by atoms with Crippen LogP contribution in [0.2, 0.25) is 0 Å². The van der Waals surface area contributed by atoms with Gasteiger partial charge in [0.05, 0.1) is 6.54 Å². The molecule has 0 saturated heterocycles. The predicted molar refractivity (Wildman–Crippen MR) is 80.7 cm³/mol. The number of carbonyl (C=O) groups excluding carboxylic acids is 3. The molecule has 0 aromatic heterocycles. The summed E-state index contributed by atoms with van der Waals surface area (Å²) in [5, 5.41) is 24.3. The average Bonchev–Trinajstić information content (AvgIpc) is 2.49. The predicted octanol–water partition coefficient (Wildman–Crippen LogP) is -2.61. The molecule has 0 heterocycles. The van der Waals surface area contributed by atoms with Gasteiger partial charge >= 0.3 is 11.9 Å². The van der Waals surface area contributed by atoms with Gasteiger partial charge in [-0.1, -0.05) is 0 Å². The largest absolute Gasteiger partial charge is 0.481 e. The van der Waals surface area contributed by atoms with Crippen LogP contribution < -0.4 is 21.7 Å². The highest BCUT2D eigenvalue weighted by molar-refractivity contribution is 5.93. The van der Waals surface area contributed by atoms with Crippen molar-refractivity contribution in [3.05, 3.63) is 0 Å². The second-order valence-electron chi connectivity index (χ2n) is 5.06. The highest BCUT2D eigenvalue weighted by atomic mass is 16.4. The lowest BCUT2D eigenvalue weighted by molar-refractivity contribution is -0.143. The van der Waals surface area contributed by atoms with Gasteiger partial charge in [-0.2, -0.15) is 0 Å². The monoisotopic (exact) mass is 346 g/mol.